The summed E-state index contributed by atoms with van der Waals surface area (Å²) in [6.45, 7) is 3.67. The van der Waals surface area contributed by atoms with Crippen molar-refractivity contribution in [2.75, 3.05) is 7.11 Å². The third kappa shape index (κ3) is 2.54. The van der Waals surface area contributed by atoms with Gasteiger partial charge in [-0.2, -0.15) is 0 Å². The number of hydrogen-bond donors (Lipinski definition) is 1. The van der Waals surface area contributed by atoms with Crippen LogP contribution in [0.4, 0.5) is 0 Å². The number of aromatic nitrogens is 2. The van der Waals surface area contributed by atoms with Crippen LogP contribution in [0.1, 0.15) is 18.9 Å². The third-order valence-corrected chi connectivity index (χ3v) is 4.43. The Labute approximate surface area is 128 Å². The topological polar surface area (TPSA) is 53.1 Å². The van der Waals surface area contributed by atoms with E-state index in [4.69, 9.17) is 15.5 Å². The van der Waals surface area contributed by atoms with Gasteiger partial charge in [0.15, 0.2) is 5.82 Å². The largest absolute Gasteiger partial charge is 0.496 e. The van der Waals surface area contributed by atoms with E-state index >= 15 is 0 Å². The molecule has 0 aliphatic heterocycles. The molecule has 0 aliphatic rings. The Morgan fingerprint density at radius 2 is 2.19 bits per heavy atom. The lowest BCUT2D eigenvalue weighted by Crippen LogP contribution is -1.99. The van der Waals surface area contributed by atoms with Crippen LogP contribution in [-0.2, 0) is 13.1 Å². The minimum Gasteiger partial charge on any atom is -0.496 e. The smallest absolute Gasteiger partial charge is 0.151 e. The van der Waals surface area contributed by atoms with E-state index in [0.717, 1.165) is 46.0 Å². The highest BCUT2D eigenvalue weighted by Gasteiger charge is 2.14. The Kier molecular flexibility index (Phi) is 3.94. The van der Waals surface area contributed by atoms with Crippen LogP contribution in [0.5, 0.6) is 5.75 Å². The van der Waals surface area contributed by atoms with E-state index < -0.39 is 0 Å². The summed E-state index contributed by atoms with van der Waals surface area (Å²) in [6, 6.07) is 8.32. The van der Waals surface area contributed by atoms with E-state index in [1.54, 1.807) is 18.4 Å². The van der Waals surface area contributed by atoms with Crippen LogP contribution in [0, 0.1) is 0 Å². The van der Waals surface area contributed by atoms with E-state index in [0.29, 0.717) is 6.54 Å². The van der Waals surface area contributed by atoms with Crippen LogP contribution in [0.15, 0.2) is 29.6 Å². The lowest BCUT2D eigenvalue weighted by molar-refractivity contribution is 0.417. The molecule has 5 heteroatoms. The first-order valence-corrected chi connectivity index (χ1v) is 7.97. The number of thiophene rings is 1. The van der Waals surface area contributed by atoms with Crippen LogP contribution in [-0.4, -0.2) is 16.7 Å². The molecule has 0 amide bonds. The predicted octanol–water partition coefficient (Wildman–Crippen LogP) is 3.64. The molecular formula is C16H19N3OS. The monoisotopic (exact) mass is 301 g/mol. The maximum Gasteiger partial charge on any atom is 0.151 e. The summed E-state index contributed by atoms with van der Waals surface area (Å²) in [7, 11) is 1.69. The molecule has 110 valence electrons. The summed E-state index contributed by atoms with van der Waals surface area (Å²) in [5, 5.41) is 2.01. The highest BCUT2D eigenvalue weighted by Crippen LogP contribution is 2.33. The molecule has 0 bridgehead atoms. The molecule has 21 heavy (non-hydrogen) atoms. The van der Waals surface area contributed by atoms with Crippen molar-refractivity contribution < 1.29 is 4.74 Å². The fourth-order valence-electron chi connectivity index (χ4n) is 2.48. The lowest BCUT2D eigenvalue weighted by atomic mass is 10.2. The van der Waals surface area contributed by atoms with Gasteiger partial charge in [0.2, 0.25) is 0 Å². The molecule has 2 aromatic heterocycles. The zero-order chi connectivity index (χ0) is 14.8. The van der Waals surface area contributed by atoms with Crippen LogP contribution in [0.25, 0.3) is 21.7 Å². The zero-order valence-corrected chi connectivity index (χ0v) is 13.1. The van der Waals surface area contributed by atoms with Crippen LogP contribution >= 0.6 is 11.3 Å². The average Bonchev–Trinajstić information content (AvgIpc) is 3.11. The van der Waals surface area contributed by atoms with Gasteiger partial charge < -0.3 is 15.0 Å². The molecule has 3 rings (SSSR count). The van der Waals surface area contributed by atoms with Crippen molar-refractivity contribution in [3.63, 3.8) is 0 Å². The number of nitrogens with two attached hydrogens (primary N) is 1. The minimum atomic E-state index is 0.540. The number of hydrogen-bond acceptors (Lipinski definition) is 4. The average molecular weight is 301 g/mol. The van der Waals surface area contributed by atoms with Crippen LogP contribution < -0.4 is 10.5 Å². The summed E-state index contributed by atoms with van der Waals surface area (Å²) in [6.07, 6.45) is 1.07. The maximum atomic E-state index is 5.73. The van der Waals surface area contributed by atoms with E-state index in [9.17, 15) is 0 Å². The number of aryl methyl sites for hydroxylation is 1. The highest BCUT2D eigenvalue weighted by molar-refractivity contribution is 7.13. The van der Waals surface area contributed by atoms with Gasteiger partial charge >= 0.3 is 0 Å². The van der Waals surface area contributed by atoms with Gasteiger partial charge in [0, 0.05) is 24.5 Å². The van der Waals surface area contributed by atoms with Gasteiger partial charge in [-0.05, 0) is 24.1 Å². The van der Waals surface area contributed by atoms with Gasteiger partial charge in [-0.3, -0.25) is 0 Å². The molecule has 3 aromatic rings. The second kappa shape index (κ2) is 5.87. The normalized spacial score (nSPS) is 11.2. The van der Waals surface area contributed by atoms with Crippen molar-refractivity contribution in [2.24, 2.45) is 5.73 Å². The van der Waals surface area contributed by atoms with Crippen molar-refractivity contribution in [1.82, 2.24) is 9.55 Å². The van der Waals surface area contributed by atoms with Gasteiger partial charge in [-0.15, -0.1) is 11.3 Å². The Morgan fingerprint density at radius 1 is 1.33 bits per heavy atom. The van der Waals surface area contributed by atoms with E-state index in [2.05, 4.69) is 29.7 Å². The van der Waals surface area contributed by atoms with E-state index in [1.807, 2.05) is 11.4 Å². The molecule has 0 saturated heterocycles. The first kappa shape index (κ1) is 14.1. The summed E-state index contributed by atoms with van der Waals surface area (Å²) in [4.78, 5) is 5.95. The molecule has 0 saturated carbocycles. The molecule has 0 aliphatic carbocycles. The summed E-state index contributed by atoms with van der Waals surface area (Å²) >= 11 is 1.66. The summed E-state index contributed by atoms with van der Waals surface area (Å²) in [5.74, 6) is 1.89. The van der Waals surface area contributed by atoms with E-state index in [1.165, 1.54) is 0 Å². The number of rotatable bonds is 5. The second-order valence-electron chi connectivity index (χ2n) is 4.97. The molecular weight excluding hydrogens is 282 g/mol. The number of methoxy groups -OCH3 is 1. The first-order valence-electron chi connectivity index (χ1n) is 7.09. The van der Waals surface area contributed by atoms with Crippen molar-refractivity contribution in [1.29, 1.82) is 0 Å². The van der Waals surface area contributed by atoms with Gasteiger partial charge in [0.05, 0.1) is 23.0 Å². The maximum absolute atomic E-state index is 5.73. The van der Waals surface area contributed by atoms with Crippen molar-refractivity contribution in [3.8, 4) is 16.5 Å². The Balaban J connectivity index is 2.17. The van der Waals surface area contributed by atoms with Gasteiger partial charge in [-0.25, -0.2) is 4.98 Å². The van der Waals surface area contributed by atoms with Crippen molar-refractivity contribution in [2.45, 2.75) is 26.4 Å². The van der Waals surface area contributed by atoms with Crippen molar-refractivity contribution >= 4 is 22.4 Å². The molecule has 2 heterocycles. The first-order chi connectivity index (χ1) is 10.3. The number of benzene rings is 1. The summed E-state index contributed by atoms with van der Waals surface area (Å²) in [5.41, 5.74) is 9.01. The number of nitrogens with zero attached hydrogens (tertiary/aromatic N) is 2. The number of ether oxygens (including phenoxy) is 1. The molecule has 0 spiro atoms. The molecule has 0 fully saturated rings. The van der Waals surface area contributed by atoms with Gasteiger partial charge in [0.25, 0.3) is 0 Å². The molecule has 0 atom stereocenters. The molecule has 0 unspecified atom stereocenters. The fourth-order valence-corrected chi connectivity index (χ4v) is 3.34. The number of imidazole rings is 1. The molecule has 4 nitrogen and oxygen atoms in total. The summed E-state index contributed by atoms with van der Waals surface area (Å²) < 4.78 is 7.56. The Morgan fingerprint density at radius 3 is 2.86 bits per heavy atom. The molecule has 2 N–H and O–H groups in total. The van der Waals surface area contributed by atoms with Gasteiger partial charge in [-0.1, -0.05) is 13.0 Å². The lowest BCUT2D eigenvalue weighted by Gasteiger charge is -2.06. The molecule has 0 radical (unpaired) electrons. The quantitative estimate of drug-likeness (QED) is 0.782. The predicted molar refractivity (Wildman–Crippen MR) is 87.8 cm³/mol. The Bertz CT molecular complexity index is 760. The van der Waals surface area contributed by atoms with Crippen molar-refractivity contribution in [3.05, 3.63) is 35.2 Å². The fraction of sp³-hybridized carbons (Fsp3) is 0.312. The molecule has 1 aromatic carbocycles. The highest BCUT2D eigenvalue weighted by atomic mass is 32.1. The van der Waals surface area contributed by atoms with Crippen LogP contribution in [0.3, 0.4) is 0 Å². The SMILES string of the molecule is CCCn1c(-c2cc(OC)cs2)nc2cc(CN)ccc21. The minimum absolute atomic E-state index is 0.540. The number of fused-ring (bicyclic) bond motifs is 1. The van der Waals surface area contributed by atoms with Gasteiger partial charge in [0.1, 0.15) is 5.75 Å². The Hall–Kier alpha value is -1.85. The standard InChI is InChI=1S/C16H19N3OS/c1-3-6-19-14-5-4-11(9-17)7-13(14)18-16(19)15-8-12(20-2)10-21-15/h4-5,7-8,10H,3,6,9,17H2,1-2H3. The third-order valence-electron chi connectivity index (χ3n) is 3.53. The van der Waals surface area contributed by atoms with Crippen LogP contribution in [0.2, 0.25) is 0 Å². The zero-order valence-electron chi connectivity index (χ0n) is 12.3. The van der Waals surface area contributed by atoms with E-state index in [-0.39, 0.29) is 0 Å². The second-order valence-corrected chi connectivity index (χ2v) is 5.88.